The Hall–Kier alpha value is -2.36. The summed E-state index contributed by atoms with van der Waals surface area (Å²) >= 11 is 0. The molecule has 0 fully saturated rings. The molecule has 2 aromatic heterocycles. The second kappa shape index (κ2) is 3.59. The molecule has 0 spiro atoms. The van der Waals surface area contributed by atoms with Crippen LogP contribution < -0.4 is 5.56 Å². The summed E-state index contributed by atoms with van der Waals surface area (Å²) in [5, 5.41) is 3.05. The van der Waals surface area contributed by atoms with Crippen LogP contribution in [0.25, 0.3) is 16.9 Å². The van der Waals surface area contributed by atoms with Crippen LogP contribution in [-0.2, 0) is 0 Å². The molecule has 0 amide bonds. The zero-order valence-electron chi connectivity index (χ0n) is 9.34. The highest BCUT2D eigenvalue weighted by molar-refractivity contribution is 5.64. The molecule has 0 unspecified atom stereocenters. The zero-order chi connectivity index (χ0) is 11.8. The number of hydrogen-bond acceptors (Lipinski definition) is 2. The van der Waals surface area contributed by atoms with E-state index >= 15 is 0 Å². The van der Waals surface area contributed by atoms with Gasteiger partial charge < -0.3 is 0 Å². The van der Waals surface area contributed by atoms with Crippen molar-refractivity contribution >= 4 is 5.65 Å². The molecule has 0 aliphatic rings. The van der Waals surface area contributed by atoms with Crippen molar-refractivity contribution in [2.24, 2.45) is 0 Å². The van der Waals surface area contributed by atoms with E-state index in [1.165, 1.54) is 22.3 Å². The van der Waals surface area contributed by atoms with Gasteiger partial charge in [0.2, 0.25) is 0 Å². The van der Waals surface area contributed by atoms with Crippen molar-refractivity contribution < 1.29 is 0 Å². The summed E-state index contributed by atoms with van der Waals surface area (Å²) in [7, 11) is 0. The van der Waals surface area contributed by atoms with Gasteiger partial charge in [0.05, 0.1) is 5.69 Å². The number of H-pyrrole nitrogens is 1. The van der Waals surface area contributed by atoms with Gasteiger partial charge in [-0.3, -0.25) is 9.89 Å². The fraction of sp³-hybridized carbons (Fsp3) is 0.0769. The van der Waals surface area contributed by atoms with E-state index in [-0.39, 0.29) is 5.56 Å². The minimum absolute atomic E-state index is 0.103. The molecule has 0 atom stereocenters. The summed E-state index contributed by atoms with van der Waals surface area (Å²) in [4.78, 5) is 15.7. The second-order valence-electron chi connectivity index (χ2n) is 4.02. The molecule has 0 saturated heterocycles. The molecule has 1 N–H and O–H groups in total. The predicted molar refractivity (Wildman–Crippen MR) is 66.0 cm³/mol. The first kappa shape index (κ1) is 9.84. The van der Waals surface area contributed by atoms with Crippen LogP contribution in [0.3, 0.4) is 0 Å². The van der Waals surface area contributed by atoms with E-state index in [4.69, 9.17) is 0 Å². The summed E-state index contributed by atoms with van der Waals surface area (Å²) in [6, 6.07) is 11.4. The van der Waals surface area contributed by atoms with Crippen molar-refractivity contribution in [3.8, 4) is 11.3 Å². The summed E-state index contributed by atoms with van der Waals surface area (Å²) in [5.74, 6) is 0. The van der Waals surface area contributed by atoms with E-state index in [1.807, 2.05) is 31.2 Å². The van der Waals surface area contributed by atoms with Crippen molar-refractivity contribution in [1.82, 2.24) is 14.6 Å². The molecule has 0 aliphatic carbocycles. The first-order valence-corrected chi connectivity index (χ1v) is 5.38. The van der Waals surface area contributed by atoms with E-state index in [1.54, 1.807) is 0 Å². The molecule has 2 heterocycles. The van der Waals surface area contributed by atoms with E-state index < -0.39 is 0 Å². The Balaban J connectivity index is 2.25. The van der Waals surface area contributed by atoms with E-state index in [0.29, 0.717) is 5.65 Å². The lowest BCUT2D eigenvalue weighted by molar-refractivity contribution is 0.903. The predicted octanol–water partition coefficient (Wildman–Crippen LogP) is 2.00. The molecule has 84 valence electrons. The minimum atomic E-state index is -0.103. The Morgan fingerprint density at radius 1 is 1.24 bits per heavy atom. The molecule has 0 radical (unpaired) electrons. The summed E-state index contributed by atoms with van der Waals surface area (Å²) < 4.78 is 1.44. The van der Waals surface area contributed by atoms with Gasteiger partial charge in [-0.1, -0.05) is 23.8 Å². The van der Waals surface area contributed by atoms with Crippen LogP contribution in [-0.4, -0.2) is 14.6 Å². The highest BCUT2D eigenvalue weighted by Gasteiger charge is 2.04. The van der Waals surface area contributed by atoms with Crippen molar-refractivity contribution in [2.45, 2.75) is 6.92 Å². The fourth-order valence-electron chi connectivity index (χ4n) is 1.88. The lowest BCUT2D eigenvalue weighted by atomic mass is 10.1. The minimum Gasteiger partial charge on any atom is -0.289 e. The molecular weight excluding hydrogens is 214 g/mol. The highest BCUT2D eigenvalue weighted by atomic mass is 16.1. The van der Waals surface area contributed by atoms with Crippen molar-refractivity contribution in [3.63, 3.8) is 0 Å². The Morgan fingerprint density at radius 2 is 2.12 bits per heavy atom. The Morgan fingerprint density at radius 3 is 2.88 bits per heavy atom. The number of aryl methyl sites for hydroxylation is 1. The Labute approximate surface area is 97.5 Å². The molecular formula is C13H11N3O. The fourth-order valence-corrected chi connectivity index (χ4v) is 1.88. The van der Waals surface area contributed by atoms with Gasteiger partial charge in [0, 0.05) is 18.3 Å². The molecule has 4 heteroatoms. The van der Waals surface area contributed by atoms with Gasteiger partial charge in [-0.05, 0) is 18.6 Å². The van der Waals surface area contributed by atoms with E-state index in [2.05, 4.69) is 16.1 Å². The van der Waals surface area contributed by atoms with Gasteiger partial charge in [0.25, 0.3) is 5.56 Å². The summed E-state index contributed by atoms with van der Waals surface area (Å²) in [6.45, 7) is 2.04. The first-order valence-electron chi connectivity index (χ1n) is 5.38. The maximum absolute atomic E-state index is 11.6. The summed E-state index contributed by atoms with van der Waals surface area (Å²) in [5.41, 5.74) is 3.66. The average Bonchev–Trinajstić information content (AvgIpc) is 2.74. The van der Waals surface area contributed by atoms with Crippen LogP contribution in [0.15, 0.2) is 47.4 Å². The van der Waals surface area contributed by atoms with Crippen LogP contribution in [0.5, 0.6) is 0 Å². The molecule has 0 saturated carbocycles. The number of fused-ring (bicyclic) bond motifs is 1. The van der Waals surface area contributed by atoms with E-state index in [0.717, 1.165) is 11.3 Å². The summed E-state index contributed by atoms with van der Waals surface area (Å²) in [6.07, 6.45) is 1.52. The monoisotopic (exact) mass is 225 g/mol. The smallest absolute Gasteiger partial charge is 0.272 e. The molecule has 4 nitrogen and oxygen atoms in total. The van der Waals surface area contributed by atoms with Gasteiger partial charge in [0.1, 0.15) is 0 Å². The number of aromatic amines is 1. The zero-order valence-corrected chi connectivity index (χ0v) is 9.34. The number of rotatable bonds is 1. The largest absolute Gasteiger partial charge is 0.289 e. The number of benzene rings is 1. The topological polar surface area (TPSA) is 50.2 Å². The molecule has 0 bridgehead atoms. The standard InChI is InChI=1S/C13H11N3O/c1-9-3-2-4-10(7-9)11-8-12-14-6-5-13(17)16(12)15-11/h2-8,15H,1H3. The average molecular weight is 225 g/mol. The molecule has 3 aromatic rings. The third-order valence-corrected chi connectivity index (χ3v) is 2.71. The van der Waals surface area contributed by atoms with Crippen molar-refractivity contribution in [1.29, 1.82) is 0 Å². The van der Waals surface area contributed by atoms with Gasteiger partial charge in [0.15, 0.2) is 5.65 Å². The maximum Gasteiger partial charge on any atom is 0.272 e. The van der Waals surface area contributed by atoms with Crippen molar-refractivity contribution in [3.05, 3.63) is 58.5 Å². The van der Waals surface area contributed by atoms with Gasteiger partial charge in [-0.25, -0.2) is 9.50 Å². The van der Waals surface area contributed by atoms with Crippen LogP contribution in [0, 0.1) is 6.92 Å². The first-order chi connectivity index (χ1) is 8.24. The quantitative estimate of drug-likeness (QED) is 0.688. The Kier molecular flexibility index (Phi) is 2.08. The van der Waals surface area contributed by atoms with Crippen LogP contribution in [0.1, 0.15) is 5.56 Å². The van der Waals surface area contributed by atoms with Gasteiger partial charge in [-0.15, -0.1) is 0 Å². The Bertz CT molecular complexity index is 740. The lowest BCUT2D eigenvalue weighted by Gasteiger charge is -1.98. The number of nitrogens with zero attached hydrogens (tertiary/aromatic N) is 2. The molecule has 0 aliphatic heterocycles. The molecule has 3 rings (SSSR count). The number of aromatic nitrogens is 3. The second-order valence-corrected chi connectivity index (χ2v) is 4.02. The third kappa shape index (κ3) is 1.63. The van der Waals surface area contributed by atoms with E-state index in [9.17, 15) is 4.79 Å². The van der Waals surface area contributed by atoms with Crippen LogP contribution in [0.2, 0.25) is 0 Å². The van der Waals surface area contributed by atoms with Gasteiger partial charge in [-0.2, -0.15) is 0 Å². The van der Waals surface area contributed by atoms with Gasteiger partial charge >= 0.3 is 0 Å². The highest BCUT2D eigenvalue weighted by Crippen LogP contribution is 2.18. The number of nitrogens with one attached hydrogen (secondary N) is 1. The normalized spacial score (nSPS) is 10.9. The van der Waals surface area contributed by atoms with Crippen LogP contribution in [0.4, 0.5) is 0 Å². The maximum atomic E-state index is 11.6. The van der Waals surface area contributed by atoms with Crippen LogP contribution >= 0.6 is 0 Å². The molecule has 1 aromatic carbocycles. The number of hydrogen-bond donors (Lipinski definition) is 1. The molecule has 17 heavy (non-hydrogen) atoms. The van der Waals surface area contributed by atoms with Crippen molar-refractivity contribution in [2.75, 3.05) is 0 Å². The third-order valence-electron chi connectivity index (χ3n) is 2.71. The lowest BCUT2D eigenvalue weighted by Crippen LogP contribution is -2.12. The SMILES string of the molecule is Cc1cccc(-c2cc3nccc(=O)n3[nH]2)c1.